The zero-order chi connectivity index (χ0) is 15.7. The van der Waals surface area contributed by atoms with Crippen molar-refractivity contribution < 1.29 is 4.39 Å². The standard InChI is InChI=1S/C14H20ClFN6.ClH/c1-8(2)5-12-20-13(15)11-7-18-14(21-22(11)12)19-10-3-4-17-6-9(10)16;/h7-10,17H,3-6H2,1-2H3,(H,19,21);1H/t9-,10-;/m0./s1. The summed E-state index contributed by atoms with van der Waals surface area (Å²) in [5, 5.41) is 10.9. The first kappa shape index (κ1) is 18.2. The third-order valence-corrected chi connectivity index (χ3v) is 4.01. The van der Waals surface area contributed by atoms with E-state index >= 15 is 0 Å². The Morgan fingerprint density at radius 1 is 1.52 bits per heavy atom. The summed E-state index contributed by atoms with van der Waals surface area (Å²) in [6.07, 6.45) is 2.15. The first-order chi connectivity index (χ1) is 10.5. The zero-order valence-electron chi connectivity index (χ0n) is 13.1. The van der Waals surface area contributed by atoms with Crippen LogP contribution in [-0.4, -0.2) is 44.9 Å². The zero-order valence-corrected chi connectivity index (χ0v) is 14.7. The third-order valence-electron chi connectivity index (χ3n) is 3.73. The molecule has 0 radical (unpaired) electrons. The van der Waals surface area contributed by atoms with E-state index in [-0.39, 0.29) is 18.4 Å². The third kappa shape index (κ3) is 4.02. The van der Waals surface area contributed by atoms with Gasteiger partial charge in [0, 0.05) is 13.0 Å². The van der Waals surface area contributed by atoms with E-state index in [1.807, 2.05) is 0 Å². The first-order valence-electron chi connectivity index (χ1n) is 7.56. The second-order valence-electron chi connectivity index (χ2n) is 6.06. The SMILES string of the molecule is CC(C)Cc1nc(Cl)c2cnc(N[C@H]3CCNC[C@@H]3F)nn12.Cl. The highest BCUT2D eigenvalue weighted by Crippen LogP contribution is 2.20. The number of nitrogens with one attached hydrogen (secondary N) is 2. The predicted octanol–water partition coefficient (Wildman–Crippen LogP) is 2.51. The molecule has 1 aliphatic rings. The highest BCUT2D eigenvalue weighted by molar-refractivity contribution is 6.32. The number of hydrogen-bond acceptors (Lipinski definition) is 5. The van der Waals surface area contributed by atoms with Crippen LogP contribution in [0, 0.1) is 5.92 Å². The number of piperidine rings is 1. The summed E-state index contributed by atoms with van der Waals surface area (Å²) in [4.78, 5) is 8.58. The fourth-order valence-electron chi connectivity index (χ4n) is 2.62. The number of anilines is 1. The molecule has 0 aliphatic carbocycles. The Balaban J connectivity index is 0.00000192. The molecule has 3 heterocycles. The molecule has 0 bridgehead atoms. The summed E-state index contributed by atoms with van der Waals surface area (Å²) >= 11 is 6.13. The number of aromatic nitrogens is 4. The summed E-state index contributed by atoms with van der Waals surface area (Å²) in [6.45, 7) is 5.36. The van der Waals surface area contributed by atoms with Gasteiger partial charge in [0.1, 0.15) is 17.5 Å². The summed E-state index contributed by atoms with van der Waals surface area (Å²) in [6, 6.07) is -0.272. The lowest BCUT2D eigenvalue weighted by atomic mass is 10.1. The van der Waals surface area contributed by atoms with Crippen LogP contribution in [0.1, 0.15) is 26.1 Å². The van der Waals surface area contributed by atoms with Gasteiger partial charge in [-0.2, -0.15) is 0 Å². The van der Waals surface area contributed by atoms with Crippen LogP contribution in [0.5, 0.6) is 0 Å². The highest BCUT2D eigenvalue weighted by Gasteiger charge is 2.25. The van der Waals surface area contributed by atoms with Crippen molar-refractivity contribution in [2.75, 3.05) is 18.4 Å². The van der Waals surface area contributed by atoms with Gasteiger partial charge in [-0.05, 0) is 18.9 Å². The second kappa shape index (κ2) is 7.59. The topological polar surface area (TPSA) is 67.1 Å². The quantitative estimate of drug-likeness (QED) is 0.874. The number of imidazole rings is 1. The van der Waals surface area contributed by atoms with E-state index in [2.05, 4.69) is 39.5 Å². The van der Waals surface area contributed by atoms with Crippen molar-refractivity contribution in [1.29, 1.82) is 0 Å². The fraction of sp³-hybridized carbons (Fsp3) is 0.643. The number of fused-ring (bicyclic) bond motifs is 1. The van der Waals surface area contributed by atoms with E-state index in [0.29, 0.717) is 35.5 Å². The van der Waals surface area contributed by atoms with E-state index in [4.69, 9.17) is 11.6 Å². The Morgan fingerprint density at radius 3 is 3.00 bits per heavy atom. The number of rotatable bonds is 4. The molecule has 23 heavy (non-hydrogen) atoms. The molecule has 2 aromatic rings. The van der Waals surface area contributed by atoms with Gasteiger partial charge in [-0.1, -0.05) is 25.4 Å². The molecular weight excluding hydrogens is 342 g/mol. The molecule has 3 rings (SSSR count). The van der Waals surface area contributed by atoms with E-state index in [1.54, 1.807) is 10.7 Å². The maximum Gasteiger partial charge on any atom is 0.241 e. The lowest BCUT2D eigenvalue weighted by Gasteiger charge is -2.27. The van der Waals surface area contributed by atoms with Crippen LogP contribution in [0.3, 0.4) is 0 Å². The number of nitrogens with zero attached hydrogens (tertiary/aromatic N) is 4. The van der Waals surface area contributed by atoms with Gasteiger partial charge in [0.2, 0.25) is 5.95 Å². The van der Waals surface area contributed by atoms with Gasteiger partial charge in [0.05, 0.1) is 12.2 Å². The molecule has 2 aromatic heterocycles. The molecule has 2 atom stereocenters. The van der Waals surface area contributed by atoms with Crippen molar-refractivity contribution >= 4 is 35.5 Å². The van der Waals surface area contributed by atoms with Crippen molar-refractivity contribution in [1.82, 2.24) is 24.9 Å². The van der Waals surface area contributed by atoms with Gasteiger partial charge < -0.3 is 10.6 Å². The van der Waals surface area contributed by atoms with Crippen molar-refractivity contribution in [2.24, 2.45) is 5.92 Å². The van der Waals surface area contributed by atoms with Gasteiger partial charge in [-0.3, -0.25) is 0 Å². The minimum absolute atomic E-state index is 0. The fourth-order valence-corrected chi connectivity index (χ4v) is 2.85. The van der Waals surface area contributed by atoms with Gasteiger partial charge in [0.15, 0.2) is 5.15 Å². The van der Waals surface area contributed by atoms with Crippen LogP contribution in [0.15, 0.2) is 6.20 Å². The van der Waals surface area contributed by atoms with Gasteiger partial charge >= 0.3 is 0 Å². The highest BCUT2D eigenvalue weighted by atomic mass is 35.5. The minimum Gasteiger partial charge on any atom is -0.347 e. The van der Waals surface area contributed by atoms with Gasteiger partial charge in [0.25, 0.3) is 0 Å². The average Bonchev–Trinajstić information content (AvgIpc) is 2.77. The largest absolute Gasteiger partial charge is 0.347 e. The van der Waals surface area contributed by atoms with Gasteiger partial charge in [-0.25, -0.2) is 18.9 Å². The molecule has 1 fully saturated rings. The van der Waals surface area contributed by atoms with Crippen molar-refractivity contribution in [3.05, 3.63) is 17.2 Å². The van der Waals surface area contributed by atoms with Gasteiger partial charge in [-0.15, -0.1) is 17.5 Å². The maximum absolute atomic E-state index is 13.9. The molecule has 0 aromatic carbocycles. The summed E-state index contributed by atoms with van der Waals surface area (Å²) in [5.41, 5.74) is 0.671. The van der Waals surface area contributed by atoms with Crippen LogP contribution in [0.2, 0.25) is 5.15 Å². The van der Waals surface area contributed by atoms with E-state index in [9.17, 15) is 4.39 Å². The van der Waals surface area contributed by atoms with Crippen molar-refractivity contribution in [3.63, 3.8) is 0 Å². The van der Waals surface area contributed by atoms with Crippen LogP contribution in [0.4, 0.5) is 10.3 Å². The monoisotopic (exact) mass is 362 g/mol. The number of halogens is 3. The molecule has 9 heteroatoms. The molecule has 1 saturated heterocycles. The van der Waals surface area contributed by atoms with E-state index in [0.717, 1.165) is 18.8 Å². The molecule has 128 valence electrons. The van der Waals surface area contributed by atoms with Crippen molar-refractivity contribution in [2.45, 2.75) is 38.9 Å². The first-order valence-corrected chi connectivity index (χ1v) is 7.94. The van der Waals surface area contributed by atoms with Crippen LogP contribution >= 0.6 is 24.0 Å². The smallest absolute Gasteiger partial charge is 0.241 e. The van der Waals surface area contributed by atoms with Crippen molar-refractivity contribution in [3.8, 4) is 0 Å². The molecular formula is C14H21Cl2FN6. The molecule has 1 aliphatic heterocycles. The normalized spacial score (nSPS) is 21.4. The summed E-state index contributed by atoms with van der Waals surface area (Å²) in [7, 11) is 0. The molecule has 0 spiro atoms. The average molecular weight is 363 g/mol. The Kier molecular flexibility index (Phi) is 6.00. The van der Waals surface area contributed by atoms with Crippen LogP contribution in [-0.2, 0) is 6.42 Å². The Hall–Kier alpha value is -1.18. The second-order valence-corrected chi connectivity index (χ2v) is 6.41. The molecule has 0 amide bonds. The number of hydrogen-bond donors (Lipinski definition) is 2. The lowest BCUT2D eigenvalue weighted by molar-refractivity contribution is 0.244. The maximum atomic E-state index is 13.9. The summed E-state index contributed by atoms with van der Waals surface area (Å²) < 4.78 is 15.6. The van der Waals surface area contributed by atoms with E-state index in [1.165, 1.54) is 0 Å². The van der Waals surface area contributed by atoms with Crippen LogP contribution in [0.25, 0.3) is 5.52 Å². The molecule has 0 saturated carbocycles. The minimum atomic E-state index is -0.949. The molecule has 2 N–H and O–H groups in total. The lowest BCUT2D eigenvalue weighted by Crippen LogP contribution is -2.45. The Bertz CT molecular complexity index is 662. The predicted molar refractivity (Wildman–Crippen MR) is 91.4 cm³/mol. The molecule has 6 nitrogen and oxygen atoms in total. The summed E-state index contributed by atoms with van der Waals surface area (Å²) in [5.74, 6) is 1.64. The Morgan fingerprint density at radius 2 is 2.30 bits per heavy atom. The van der Waals surface area contributed by atoms with E-state index < -0.39 is 6.17 Å². The number of alkyl halides is 1. The van der Waals surface area contributed by atoms with Crippen LogP contribution < -0.4 is 10.6 Å². The molecule has 0 unspecified atom stereocenters. The Labute approximate surface area is 145 Å².